The van der Waals surface area contributed by atoms with Gasteiger partial charge in [0.15, 0.2) is 12.2 Å². The minimum atomic E-state index is -4.96. The highest BCUT2D eigenvalue weighted by molar-refractivity contribution is 7.47. The van der Waals surface area contributed by atoms with Crippen LogP contribution in [0.25, 0.3) is 0 Å². The molecule has 0 aromatic carbocycles. The van der Waals surface area contributed by atoms with E-state index in [1.165, 1.54) is 205 Å². The summed E-state index contributed by atoms with van der Waals surface area (Å²) in [5.41, 5.74) is 0. The number of rotatable bonds is 74. The van der Waals surface area contributed by atoms with Gasteiger partial charge in [0, 0.05) is 25.7 Å². The molecule has 0 aliphatic rings. The Bertz CT molecular complexity index is 1820. The van der Waals surface area contributed by atoms with Gasteiger partial charge in [0.05, 0.1) is 26.4 Å². The SMILES string of the molecule is CCCCCCCCCCCCCCCCCCCCCC(=O)O[C@H](COC(=O)CCCCCCCCCCCC(C)C)COP(=O)(O)OC[C@@H](O)COP(=O)(O)OC[C@@H](COC(=O)CCCCCCCCCCCCC)OC(=O)CCCCCCCCCCCC(C)C. The summed E-state index contributed by atoms with van der Waals surface area (Å²) >= 11 is 0. The first-order valence-electron chi connectivity index (χ1n) is 39.0. The number of phosphoric ester groups is 2. The van der Waals surface area contributed by atoms with Gasteiger partial charge < -0.3 is 33.8 Å². The van der Waals surface area contributed by atoms with Crippen molar-refractivity contribution in [2.24, 2.45) is 11.8 Å². The summed E-state index contributed by atoms with van der Waals surface area (Å²) in [6.45, 7) is 9.54. The number of hydrogen-bond acceptors (Lipinski definition) is 15. The molecule has 0 aliphatic heterocycles. The van der Waals surface area contributed by atoms with Gasteiger partial charge in [-0.3, -0.25) is 37.3 Å². The van der Waals surface area contributed by atoms with Crippen LogP contribution in [0, 0.1) is 11.8 Å². The molecule has 0 spiro atoms. The smallest absolute Gasteiger partial charge is 0.462 e. The van der Waals surface area contributed by atoms with E-state index in [0.717, 1.165) is 102 Å². The number of aliphatic hydroxyl groups is 1. The van der Waals surface area contributed by atoms with Crippen LogP contribution in [-0.4, -0.2) is 96.7 Å². The summed E-state index contributed by atoms with van der Waals surface area (Å²) in [5.74, 6) is -0.637. The van der Waals surface area contributed by atoms with Crippen LogP contribution in [0.3, 0.4) is 0 Å². The summed E-state index contributed by atoms with van der Waals surface area (Å²) in [4.78, 5) is 72.7. The van der Waals surface area contributed by atoms with E-state index in [2.05, 4.69) is 41.5 Å². The molecule has 0 fully saturated rings. The van der Waals surface area contributed by atoms with Crippen LogP contribution >= 0.6 is 15.6 Å². The molecule has 0 rings (SSSR count). The van der Waals surface area contributed by atoms with Crippen LogP contribution in [0.5, 0.6) is 0 Å². The number of unbranched alkanes of at least 4 members (excludes halogenated alkanes) is 44. The van der Waals surface area contributed by atoms with Crippen LogP contribution in [0.4, 0.5) is 0 Å². The minimum absolute atomic E-state index is 0.106. The number of ether oxygens (including phenoxy) is 4. The van der Waals surface area contributed by atoms with Gasteiger partial charge in [0.1, 0.15) is 19.3 Å². The van der Waals surface area contributed by atoms with Gasteiger partial charge in [-0.05, 0) is 37.5 Å². The molecule has 0 heterocycles. The van der Waals surface area contributed by atoms with Crippen molar-refractivity contribution in [3.05, 3.63) is 0 Å². The van der Waals surface area contributed by atoms with Crippen LogP contribution < -0.4 is 0 Å². The van der Waals surface area contributed by atoms with Gasteiger partial charge in [-0.15, -0.1) is 0 Å². The lowest BCUT2D eigenvalue weighted by Gasteiger charge is -2.21. The van der Waals surface area contributed by atoms with Crippen molar-refractivity contribution in [3.63, 3.8) is 0 Å². The topological polar surface area (TPSA) is 237 Å². The van der Waals surface area contributed by atoms with Crippen LogP contribution in [0.1, 0.15) is 388 Å². The maximum absolute atomic E-state index is 13.1. The van der Waals surface area contributed by atoms with E-state index in [0.29, 0.717) is 25.7 Å². The van der Waals surface area contributed by atoms with Crippen LogP contribution in [0.2, 0.25) is 0 Å². The molecule has 0 saturated carbocycles. The number of hydrogen-bond donors (Lipinski definition) is 3. The lowest BCUT2D eigenvalue weighted by Crippen LogP contribution is -2.30. The first-order chi connectivity index (χ1) is 45.4. The highest BCUT2D eigenvalue weighted by Crippen LogP contribution is 2.45. The van der Waals surface area contributed by atoms with Gasteiger partial charge >= 0.3 is 39.5 Å². The predicted octanol–water partition coefficient (Wildman–Crippen LogP) is 21.9. The van der Waals surface area contributed by atoms with Gasteiger partial charge in [-0.25, -0.2) is 9.13 Å². The van der Waals surface area contributed by atoms with Crippen molar-refractivity contribution >= 4 is 39.5 Å². The van der Waals surface area contributed by atoms with E-state index >= 15 is 0 Å². The zero-order valence-electron chi connectivity index (χ0n) is 61.3. The fourth-order valence-corrected chi connectivity index (χ4v) is 13.1. The Morgan fingerprint density at radius 1 is 0.287 bits per heavy atom. The maximum Gasteiger partial charge on any atom is 0.472 e. The third-order valence-electron chi connectivity index (χ3n) is 17.5. The Morgan fingerprint density at radius 3 is 0.723 bits per heavy atom. The van der Waals surface area contributed by atoms with Gasteiger partial charge in [0.25, 0.3) is 0 Å². The molecular formula is C75H146O17P2. The third kappa shape index (κ3) is 68.6. The Kier molecular flexibility index (Phi) is 65.5. The Hall–Kier alpha value is -1.94. The van der Waals surface area contributed by atoms with Crippen molar-refractivity contribution in [1.82, 2.24) is 0 Å². The van der Waals surface area contributed by atoms with Crippen molar-refractivity contribution in [3.8, 4) is 0 Å². The van der Waals surface area contributed by atoms with Gasteiger partial charge in [-0.2, -0.15) is 0 Å². The van der Waals surface area contributed by atoms with Gasteiger partial charge in [-0.1, -0.05) is 337 Å². The molecular weight excluding hydrogens is 1230 g/mol. The molecule has 94 heavy (non-hydrogen) atoms. The van der Waals surface area contributed by atoms with Crippen molar-refractivity contribution in [1.29, 1.82) is 0 Å². The van der Waals surface area contributed by atoms with Crippen molar-refractivity contribution in [2.75, 3.05) is 39.6 Å². The highest BCUT2D eigenvalue weighted by Gasteiger charge is 2.30. The van der Waals surface area contributed by atoms with Crippen molar-refractivity contribution in [2.45, 2.75) is 407 Å². The summed E-state index contributed by atoms with van der Waals surface area (Å²) in [5, 5.41) is 10.6. The third-order valence-corrected chi connectivity index (χ3v) is 19.4. The molecule has 17 nitrogen and oxygen atoms in total. The second kappa shape index (κ2) is 66.9. The fraction of sp³-hybridized carbons (Fsp3) is 0.947. The lowest BCUT2D eigenvalue weighted by atomic mass is 10.0. The van der Waals surface area contributed by atoms with E-state index in [1.54, 1.807) is 0 Å². The average molecular weight is 1380 g/mol. The zero-order chi connectivity index (χ0) is 69.3. The molecule has 0 aromatic rings. The molecule has 19 heteroatoms. The Balaban J connectivity index is 5.22. The minimum Gasteiger partial charge on any atom is -0.462 e. The second-order valence-corrected chi connectivity index (χ2v) is 30.9. The molecule has 0 radical (unpaired) electrons. The summed E-state index contributed by atoms with van der Waals surface area (Å²) in [6.07, 6.45) is 54.1. The summed E-state index contributed by atoms with van der Waals surface area (Å²) in [7, 11) is -9.91. The number of carbonyl (C=O) groups excluding carboxylic acids is 4. The fourth-order valence-electron chi connectivity index (χ4n) is 11.5. The predicted molar refractivity (Wildman–Crippen MR) is 381 cm³/mol. The van der Waals surface area contributed by atoms with Crippen molar-refractivity contribution < 1.29 is 80.2 Å². The van der Waals surface area contributed by atoms with Crippen LogP contribution in [-0.2, 0) is 65.4 Å². The quantitative estimate of drug-likeness (QED) is 0.0222. The average Bonchev–Trinajstić information content (AvgIpc) is 1.88. The largest absolute Gasteiger partial charge is 0.472 e. The summed E-state index contributed by atoms with van der Waals surface area (Å²) in [6, 6.07) is 0. The molecule has 5 atom stereocenters. The Labute approximate surface area is 575 Å². The number of carbonyl (C=O) groups is 4. The zero-order valence-corrected chi connectivity index (χ0v) is 63.1. The number of phosphoric acid groups is 2. The first kappa shape index (κ1) is 92.1. The normalized spacial score (nSPS) is 14.0. The molecule has 0 aliphatic carbocycles. The molecule has 0 aromatic heterocycles. The van der Waals surface area contributed by atoms with E-state index in [1.807, 2.05) is 0 Å². The molecule has 2 unspecified atom stereocenters. The highest BCUT2D eigenvalue weighted by atomic mass is 31.2. The molecule has 558 valence electrons. The molecule has 3 N–H and O–H groups in total. The first-order valence-corrected chi connectivity index (χ1v) is 42.0. The van der Waals surface area contributed by atoms with Crippen LogP contribution in [0.15, 0.2) is 0 Å². The van der Waals surface area contributed by atoms with E-state index in [4.69, 9.17) is 37.0 Å². The van der Waals surface area contributed by atoms with E-state index in [9.17, 15) is 43.2 Å². The second-order valence-electron chi connectivity index (χ2n) is 28.0. The monoisotopic (exact) mass is 1380 g/mol. The van der Waals surface area contributed by atoms with E-state index < -0.39 is 97.5 Å². The molecule has 0 saturated heterocycles. The van der Waals surface area contributed by atoms with Gasteiger partial charge in [0.2, 0.25) is 0 Å². The summed E-state index contributed by atoms with van der Waals surface area (Å²) < 4.78 is 68.5. The molecule has 0 bridgehead atoms. The standard InChI is InChI=1S/C75H146O17P2/c1-7-9-11-13-15-17-19-20-21-22-23-24-25-26-28-34-41-47-53-59-74(79)91-70(64-86-73(78)58-52-46-40-35-29-31-37-43-49-55-67(3)4)65-89-93(81,82)87-61-69(76)62-88-94(83,84)90-66-71(63-85-72(77)57-51-45-39-33-27-18-16-14-12-10-8-2)92-75(80)60-54-48-42-36-30-32-38-44-50-56-68(5)6/h67-71,76H,7-66H2,1-6H3,(H,81,82)(H,83,84)/t69-,70-,71-/m1/s1. The molecule has 0 amide bonds. The maximum atomic E-state index is 13.1. The number of aliphatic hydroxyl groups excluding tert-OH is 1. The number of esters is 4. The Morgan fingerprint density at radius 2 is 0.489 bits per heavy atom. The van der Waals surface area contributed by atoms with E-state index in [-0.39, 0.29) is 25.7 Å². The lowest BCUT2D eigenvalue weighted by molar-refractivity contribution is -0.161.